The van der Waals surface area contributed by atoms with Gasteiger partial charge in [-0.1, -0.05) is 30.0 Å². The lowest BCUT2D eigenvalue weighted by atomic mass is 10.0. The molecule has 3 aromatic rings. The van der Waals surface area contributed by atoms with Crippen molar-refractivity contribution in [1.29, 1.82) is 0 Å². The minimum atomic E-state index is -1.16. The smallest absolute Gasteiger partial charge is 0.337 e. The number of thioether (sulfide) groups is 1. The van der Waals surface area contributed by atoms with Crippen LogP contribution in [-0.2, 0) is 11.2 Å². The number of hydrogen-bond acceptors (Lipinski definition) is 6. The Morgan fingerprint density at radius 3 is 2.96 bits per heavy atom. The third-order valence-corrected chi connectivity index (χ3v) is 6.13. The summed E-state index contributed by atoms with van der Waals surface area (Å²) in [7, 11) is 0. The normalized spacial score (nSPS) is 13.6. The number of nitrogens with zero attached hydrogens (tertiary/aromatic N) is 2. The van der Waals surface area contributed by atoms with Crippen LogP contribution in [0, 0.1) is 0 Å². The zero-order valence-electron chi connectivity index (χ0n) is 14.1. The van der Waals surface area contributed by atoms with Gasteiger partial charge in [0.1, 0.15) is 4.83 Å². The summed E-state index contributed by atoms with van der Waals surface area (Å²) < 4.78 is 0. The number of thiophene rings is 1. The van der Waals surface area contributed by atoms with Crippen molar-refractivity contribution in [2.24, 2.45) is 0 Å². The molecule has 1 aliphatic rings. The SMILES string of the molecule is O=C(O)c1csc2nc(SCC(=O)N3CCCc4ccccc43)[nH]c(=O)c12. The lowest BCUT2D eigenvalue weighted by Gasteiger charge is -2.29. The van der Waals surface area contributed by atoms with Crippen LogP contribution in [0.1, 0.15) is 22.3 Å². The number of amides is 1. The maximum atomic E-state index is 12.7. The molecule has 0 unspecified atom stereocenters. The Labute approximate surface area is 162 Å². The van der Waals surface area contributed by atoms with Gasteiger partial charge in [0.05, 0.1) is 16.7 Å². The Hall–Kier alpha value is -2.65. The number of benzene rings is 1. The van der Waals surface area contributed by atoms with Crippen LogP contribution in [-0.4, -0.2) is 39.2 Å². The summed E-state index contributed by atoms with van der Waals surface area (Å²) in [5, 5.41) is 10.9. The number of fused-ring (bicyclic) bond motifs is 2. The molecule has 0 spiro atoms. The number of carboxylic acids is 1. The fourth-order valence-electron chi connectivity index (χ4n) is 3.16. The van der Waals surface area contributed by atoms with Crippen molar-refractivity contribution < 1.29 is 14.7 Å². The van der Waals surface area contributed by atoms with Crippen molar-refractivity contribution in [3.05, 3.63) is 51.1 Å². The minimum absolute atomic E-state index is 0.0488. The number of nitrogens with one attached hydrogen (secondary N) is 1. The van der Waals surface area contributed by atoms with Crippen molar-refractivity contribution in [1.82, 2.24) is 9.97 Å². The average molecular weight is 401 g/mol. The molecule has 1 aromatic carbocycles. The second-order valence-electron chi connectivity index (χ2n) is 6.07. The Bertz CT molecular complexity index is 1110. The molecule has 0 atom stereocenters. The second kappa shape index (κ2) is 7.16. The van der Waals surface area contributed by atoms with Crippen molar-refractivity contribution in [3.63, 3.8) is 0 Å². The van der Waals surface area contributed by atoms with Crippen molar-refractivity contribution in [2.75, 3.05) is 17.2 Å². The predicted octanol–water partition coefficient (Wildman–Crippen LogP) is 2.75. The van der Waals surface area contributed by atoms with E-state index in [4.69, 9.17) is 5.11 Å². The molecule has 2 aromatic heterocycles. The highest BCUT2D eigenvalue weighted by Crippen LogP contribution is 2.28. The number of anilines is 1. The van der Waals surface area contributed by atoms with Crippen molar-refractivity contribution >= 4 is 50.9 Å². The van der Waals surface area contributed by atoms with E-state index < -0.39 is 11.5 Å². The van der Waals surface area contributed by atoms with E-state index in [-0.39, 0.29) is 22.6 Å². The summed E-state index contributed by atoms with van der Waals surface area (Å²) in [4.78, 5) is 45.1. The Balaban J connectivity index is 1.53. The van der Waals surface area contributed by atoms with Gasteiger partial charge in [-0.05, 0) is 24.5 Å². The average Bonchev–Trinajstić information content (AvgIpc) is 3.10. The highest BCUT2D eigenvalue weighted by molar-refractivity contribution is 7.99. The van der Waals surface area contributed by atoms with E-state index in [2.05, 4.69) is 9.97 Å². The van der Waals surface area contributed by atoms with Crippen LogP contribution in [0.25, 0.3) is 10.2 Å². The number of aromatic nitrogens is 2. The summed E-state index contributed by atoms with van der Waals surface area (Å²) >= 11 is 2.25. The lowest BCUT2D eigenvalue weighted by Crippen LogP contribution is -2.36. The first-order chi connectivity index (χ1) is 13.0. The van der Waals surface area contributed by atoms with Gasteiger partial charge in [-0.15, -0.1) is 11.3 Å². The van der Waals surface area contributed by atoms with Crippen molar-refractivity contribution in [3.8, 4) is 0 Å². The molecule has 2 N–H and O–H groups in total. The van der Waals surface area contributed by atoms with E-state index in [1.165, 1.54) is 5.38 Å². The van der Waals surface area contributed by atoms with Gasteiger partial charge in [0, 0.05) is 17.6 Å². The largest absolute Gasteiger partial charge is 0.478 e. The van der Waals surface area contributed by atoms with Gasteiger partial charge in [0.2, 0.25) is 5.91 Å². The van der Waals surface area contributed by atoms with Gasteiger partial charge in [-0.3, -0.25) is 9.59 Å². The Morgan fingerprint density at radius 1 is 1.33 bits per heavy atom. The quantitative estimate of drug-likeness (QED) is 0.515. The molecule has 0 aliphatic carbocycles. The van der Waals surface area contributed by atoms with Gasteiger partial charge in [0.15, 0.2) is 5.16 Å². The molecule has 0 fully saturated rings. The molecule has 4 rings (SSSR count). The third-order valence-electron chi connectivity index (χ3n) is 4.40. The first-order valence-electron chi connectivity index (χ1n) is 8.30. The predicted molar refractivity (Wildman–Crippen MR) is 105 cm³/mol. The van der Waals surface area contributed by atoms with Crippen LogP contribution in [0.2, 0.25) is 0 Å². The molecule has 7 nitrogen and oxygen atoms in total. The van der Waals surface area contributed by atoms with E-state index in [1.54, 1.807) is 4.90 Å². The number of carboxylic acid groups (broad SMARTS) is 1. The highest BCUT2D eigenvalue weighted by atomic mass is 32.2. The van der Waals surface area contributed by atoms with Crippen LogP contribution in [0.3, 0.4) is 0 Å². The lowest BCUT2D eigenvalue weighted by molar-refractivity contribution is -0.116. The standard InChI is InChI=1S/C18H15N3O4S2/c22-13(21-7-3-5-10-4-1-2-6-12(10)21)9-27-18-19-15(23)14-11(17(24)25)8-26-16(14)20-18/h1-2,4,6,8H,3,5,7,9H2,(H,24,25)(H,19,20,23). The zero-order chi connectivity index (χ0) is 19.0. The first-order valence-corrected chi connectivity index (χ1v) is 10.2. The monoisotopic (exact) mass is 401 g/mol. The van der Waals surface area contributed by atoms with Gasteiger partial charge in [-0.2, -0.15) is 0 Å². The minimum Gasteiger partial charge on any atom is -0.478 e. The number of rotatable bonds is 4. The number of aromatic carboxylic acids is 1. The molecule has 3 heterocycles. The van der Waals surface area contributed by atoms with E-state index in [0.29, 0.717) is 16.5 Å². The molecule has 1 amide bonds. The highest BCUT2D eigenvalue weighted by Gasteiger charge is 2.23. The summed E-state index contributed by atoms with van der Waals surface area (Å²) in [6.45, 7) is 0.673. The number of hydrogen-bond donors (Lipinski definition) is 2. The molecule has 0 bridgehead atoms. The van der Waals surface area contributed by atoms with E-state index >= 15 is 0 Å². The Kier molecular flexibility index (Phi) is 4.71. The molecule has 27 heavy (non-hydrogen) atoms. The number of para-hydroxylation sites is 1. The molecular formula is C18H15N3O4S2. The summed E-state index contributed by atoms with van der Waals surface area (Å²) in [6, 6.07) is 7.87. The van der Waals surface area contributed by atoms with Crippen LogP contribution in [0.15, 0.2) is 39.6 Å². The fourth-order valence-corrected chi connectivity index (χ4v) is 4.86. The van der Waals surface area contributed by atoms with Crippen molar-refractivity contribution in [2.45, 2.75) is 18.0 Å². The molecule has 9 heteroatoms. The molecule has 0 saturated carbocycles. The maximum absolute atomic E-state index is 12.7. The molecule has 1 aliphatic heterocycles. The molecule has 0 radical (unpaired) electrons. The van der Waals surface area contributed by atoms with Gasteiger partial charge in [-0.25, -0.2) is 9.78 Å². The van der Waals surface area contributed by atoms with Crippen LogP contribution in [0.4, 0.5) is 5.69 Å². The second-order valence-corrected chi connectivity index (χ2v) is 7.89. The molecule has 0 saturated heterocycles. The zero-order valence-corrected chi connectivity index (χ0v) is 15.7. The number of aryl methyl sites for hydroxylation is 1. The van der Waals surface area contributed by atoms with E-state index in [1.807, 2.05) is 24.3 Å². The van der Waals surface area contributed by atoms with Gasteiger partial charge >= 0.3 is 5.97 Å². The van der Waals surface area contributed by atoms with E-state index in [0.717, 1.165) is 47.2 Å². The number of H-pyrrole nitrogens is 1. The summed E-state index contributed by atoms with van der Waals surface area (Å²) in [5.41, 5.74) is 1.55. The summed E-state index contributed by atoms with van der Waals surface area (Å²) in [6.07, 6.45) is 1.88. The number of aromatic amines is 1. The maximum Gasteiger partial charge on any atom is 0.337 e. The van der Waals surface area contributed by atoms with Gasteiger partial charge in [0.25, 0.3) is 5.56 Å². The fraction of sp³-hybridized carbons (Fsp3) is 0.222. The Morgan fingerprint density at radius 2 is 2.15 bits per heavy atom. The van der Waals surface area contributed by atoms with E-state index in [9.17, 15) is 14.4 Å². The third kappa shape index (κ3) is 3.35. The number of carbonyl (C=O) groups excluding carboxylic acids is 1. The van der Waals surface area contributed by atoms with Crippen LogP contribution >= 0.6 is 23.1 Å². The number of carbonyl (C=O) groups is 2. The first kappa shape index (κ1) is 17.7. The van der Waals surface area contributed by atoms with Crippen LogP contribution < -0.4 is 10.5 Å². The molecule has 138 valence electrons. The summed E-state index contributed by atoms with van der Waals surface area (Å²) in [5.74, 6) is -1.07. The van der Waals surface area contributed by atoms with Crippen LogP contribution in [0.5, 0.6) is 0 Å². The van der Waals surface area contributed by atoms with Gasteiger partial charge < -0.3 is 15.0 Å². The topological polar surface area (TPSA) is 103 Å². The molecular weight excluding hydrogens is 386 g/mol.